The molecular formula is C15H21NO4. The SMILES string of the molecule is CCCCOC(=O)[C@H](CC(=O)O)NCc1ccccc1. The molecule has 0 radical (unpaired) electrons. The van der Waals surface area contributed by atoms with E-state index in [4.69, 9.17) is 9.84 Å². The fourth-order valence-electron chi connectivity index (χ4n) is 1.67. The number of aliphatic carboxylic acids is 1. The molecule has 20 heavy (non-hydrogen) atoms. The Kier molecular flexibility index (Phi) is 7.35. The number of ether oxygens (including phenoxy) is 1. The number of carbonyl (C=O) groups is 2. The fraction of sp³-hybridized carbons (Fsp3) is 0.467. The van der Waals surface area contributed by atoms with Crippen LogP contribution in [0.15, 0.2) is 30.3 Å². The van der Waals surface area contributed by atoms with Gasteiger partial charge in [-0.1, -0.05) is 43.7 Å². The molecule has 1 aromatic rings. The summed E-state index contributed by atoms with van der Waals surface area (Å²) >= 11 is 0. The van der Waals surface area contributed by atoms with Gasteiger partial charge >= 0.3 is 11.9 Å². The lowest BCUT2D eigenvalue weighted by molar-refractivity contribution is -0.150. The molecule has 0 saturated carbocycles. The van der Waals surface area contributed by atoms with Gasteiger partial charge in [-0.25, -0.2) is 0 Å². The summed E-state index contributed by atoms with van der Waals surface area (Å²) in [6.07, 6.45) is 1.43. The number of esters is 1. The van der Waals surface area contributed by atoms with Crippen LogP contribution in [-0.4, -0.2) is 29.7 Å². The zero-order chi connectivity index (χ0) is 14.8. The van der Waals surface area contributed by atoms with Gasteiger partial charge in [0, 0.05) is 6.54 Å². The van der Waals surface area contributed by atoms with E-state index in [0.717, 1.165) is 18.4 Å². The third kappa shape index (κ3) is 6.33. The summed E-state index contributed by atoms with van der Waals surface area (Å²) in [6, 6.07) is 8.69. The zero-order valence-electron chi connectivity index (χ0n) is 11.7. The molecular weight excluding hydrogens is 258 g/mol. The minimum Gasteiger partial charge on any atom is -0.481 e. The highest BCUT2D eigenvalue weighted by atomic mass is 16.5. The van der Waals surface area contributed by atoms with Crippen LogP contribution in [0.1, 0.15) is 31.7 Å². The lowest BCUT2D eigenvalue weighted by Gasteiger charge is -2.16. The minimum atomic E-state index is -1.02. The predicted octanol–water partition coefficient (Wildman–Crippen LogP) is 1.96. The number of hydrogen-bond donors (Lipinski definition) is 2. The van der Waals surface area contributed by atoms with Crippen LogP contribution in [-0.2, 0) is 20.9 Å². The van der Waals surface area contributed by atoms with E-state index in [0.29, 0.717) is 13.2 Å². The van der Waals surface area contributed by atoms with E-state index < -0.39 is 18.0 Å². The number of carbonyl (C=O) groups excluding carboxylic acids is 1. The Morgan fingerprint density at radius 2 is 2.00 bits per heavy atom. The van der Waals surface area contributed by atoms with Crippen LogP contribution in [0.2, 0.25) is 0 Å². The predicted molar refractivity (Wildman–Crippen MR) is 75.2 cm³/mol. The van der Waals surface area contributed by atoms with Crippen LogP contribution in [0.5, 0.6) is 0 Å². The van der Waals surface area contributed by atoms with Crippen LogP contribution in [0.3, 0.4) is 0 Å². The Hall–Kier alpha value is -1.88. The molecule has 0 amide bonds. The molecule has 1 rings (SSSR count). The molecule has 0 aliphatic rings. The molecule has 0 unspecified atom stereocenters. The van der Waals surface area contributed by atoms with Gasteiger partial charge in [0.25, 0.3) is 0 Å². The Balaban J connectivity index is 2.50. The number of unbranched alkanes of at least 4 members (excludes halogenated alkanes) is 1. The van der Waals surface area contributed by atoms with E-state index in [9.17, 15) is 9.59 Å². The second-order valence-corrected chi connectivity index (χ2v) is 4.54. The van der Waals surface area contributed by atoms with Gasteiger partial charge in [-0.2, -0.15) is 0 Å². The molecule has 0 bridgehead atoms. The maximum Gasteiger partial charge on any atom is 0.323 e. The van der Waals surface area contributed by atoms with Crippen molar-refractivity contribution in [1.29, 1.82) is 0 Å². The summed E-state index contributed by atoms with van der Waals surface area (Å²) in [7, 11) is 0. The summed E-state index contributed by atoms with van der Waals surface area (Å²) in [5.74, 6) is -1.53. The molecule has 5 nitrogen and oxygen atoms in total. The van der Waals surface area contributed by atoms with Crippen LogP contribution in [0.25, 0.3) is 0 Å². The molecule has 0 heterocycles. The number of nitrogens with one attached hydrogen (secondary N) is 1. The Morgan fingerprint density at radius 3 is 2.60 bits per heavy atom. The molecule has 0 spiro atoms. The van der Waals surface area contributed by atoms with Crippen LogP contribution in [0, 0.1) is 0 Å². The molecule has 1 atom stereocenters. The monoisotopic (exact) mass is 279 g/mol. The number of carboxylic acids is 1. The normalized spacial score (nSPS) is 11.8. The van der Waals surface area contributed by atoms with Crippen LogP contribution in [0.4, 0.5) is 0 Å². The van der Waals surface area contributed by atoms with Crippen LogP contribution < -0.4 is 5.32 Å². The van der Waals surface area contributed by atoms with Gasteiger partial charge < -0.3 is 9.84 Å². The summed E-state index contributed by atoms with van der Waals surface area (Å²) in [5.41, 5.74) is 0.990. The Labute approximate surface area is 118 Å². The molecule has 0 aliphatic carbocycles. The van der Waals surface area contributed by atoms with Crippen molar-refractivity contribution in [2.24, 2.45) is 0 Å². The second kappa shape index (κ2) is 9.09. The highest BCUT2D eigenvalue weighted by Gasteiger charge is 2.22. The molecule has 0 saturated heterocycles. The first-order valence-electron chi connectivity index (χ1n) is 6.79. The van der Waals surface area contributed by atoms with Gasteiger partial charge in [0.05, 0.1) is 13.0 Å². The summed E-state index contributed by atoms with van der Waals surface area (Å²) in [5, 5.41) is 11.8. The Bertz CT molecular complexity index is 419. The van der Waals surface area contributed by atoms with Crippen molar-refractivity contribution in [3.63, 3.8) is 0 Å². The van der Waals surface area contributed by atoms with Crippen molar-refractivity contribution in [3.05, 3.63) is 35.9 Å². The molecule has 5 heteroatoms. The number of hydrogen-bond acceptors (Lipinski definition) is 4. The van der Waals surface area contributed by atoms with Crippen molar-refractivity contribution < 1.29 is 19.4 Å². The highest BCUT2D eigenvalue weighted by Crippen LogP contribution is 2.02. The first kappa shape index (κ1) is 16.2. The van der Waals surface area contributed by atoms with Gasteiger partial charge in [-0.3, -0.25) is 14.9 Å². The van der Waals surface area contributed by atoms with E-state index >= 15 is 0 Å². The molecule has 1 aromatic carbocycles. The van der Waals surface area contributed by atoms with Crippen molar-refractivity contribution in [2.45, 2.75) is 38.8 Å². The minimum absolute atomic E-state index is 0.280. The summed E-state index contributed by atoms with van der Waals surface area (Å²) in [4.78, 5) is 22.6. The summed E-state index contributed by atoms with van der Waals surface area (Å²) in [6.45, 7) is 2.76. The topological polar surface area (TPSA) is 75.6 Å². The quantitative estimate of drug-likeness (QED) is 0.534. The molecule has 110 valence electrons. The van der Waals surface area contributed by atoms with E-state index in [-0.39, 0.29) is 6.42 Å². The summed E-state index contributed by atoms with van der Waals surface area (Å²) < 4.78 is 5.07. The third-order valence-electron chi connectivity index (χ3n) is 2.80. The smallest absolute Gasteiger partial charge is 0.323 e. The molecule has 0 aromatic heterocycles. The van der Waals surface area contributed by atoms with E-state index in [1.807, 2.05) is 37.3 Å². The van der Waals surface area contributed by atoms with Crippen molar-refractivity contribution in [2.75, 3.05) is 6.61 Å². The maximum absolute atomic E-state index is 11.8. The van der Waals surface area contributed by atoms with Gasteiger partial charge in [0.2, 0.25) is 0 Å². The lowest BCUT2D eigenvalue weighted by Crippen LogP contribution is -2.39. The maximum atomic E-state index is 11.8. The lowest BCUT2D eigenvalue weighted by atomic mass is 10.1. The van der Waals surface area contributed by atoms with Crippen molar-refractivity contribution in [3.8, 4) is 0 Å². The second-order valence-electron chi connectivity index (χ2n) is 4.54. The van der Waals surface area contributed by atoms with Crippen LogP contribution >= 0.6 is 0 Å². The average molecular weight is 279 g/mol. The number of rotatable bonds is 9. The number of carboxylic acid groups (broad SMARTS) is 1. The zero-order valence-corrected chi connectivity index (χ0v) is 11.7. The van der Waals surface area contributed by atoms with Gasteiger partial charge in [-0.15, -0.1) is 0 Å². The van der Waals surface area contributed by atoms with Crippen molar-refractivity contribution >= 4 is 11.9 Å². The standard InChI is InChI=1S/C15H21NO4/c1-2-3-9-20-15(19)13(10-14(17)18)16-11-12-7-5-4-6-8-12/h4-8,13,16H,2-3,9-11H2,1H3,(H,17,18)/t13-/m0/s1. The Morgan fingerprint density at radius 1 is 1.30 bits per heavy atom. The largest absolute Gasteiger partial charge is 0.481 e. The number of benzene rings is 1. The average Bonchev–Trinajstić information content (AvgIpc) is 2.44. The van der Waals surface area contributed by atoms with Gasteiger partial charge in [0.15, 0.2) is 0 Å². The third-order valence-corrected chi connectivity index (χ3v) is 2.80. The van der Waals surface area contributed by atoms with E-state index in [1.165, 1.54) is 0 Å². The van der Waals surface area contributed by atoms with Crippen molar-refractivity contribution in [1.82, 2.24) is 5.32 Å². The molecule has 2 N–H and O–H groups in total. The van der Waals surface area contributed by atoms with E-state index in [1.54, 1.807) is 0 Å². The van der Waals surface area contributed by atoms with Gasteiger partial charge in [0.1, 0.15) is 6.04 Å². The molecule has 0 fully saturated rings. The molecule has 0 aliphatic heterocycles. The van der Waals surface area contributed by atoms with Gasteiger partial charge in [-0.05, 0) is 12.0 Å². The highest BCUT2D eigenvalue weighted by molar-refractivity contribution is 5.81. The first-order valence-corrected chi connectivity index (χ1v) is 6.79. The first-order chi connectivity index (χ1) is 9.63. The fourth-order valence-corrected chi connectivity index (χ4v) is 1.67. The van der Waals surface area contributed by atoms with E-state index in [2.05, 4.69) is 5.32 Å².